The number of ether oxygens (including phenoxy) is 1. The minimum Gasteiger partial charge on any atom is -0.371 e. The van der Waals surface area contributed by atoms with Gasteiger partial charge >= 0.3 is 0 Å². The second-order valence-electron chi connectivity index (χ2n) is 5.78. The predicted octanol–water partition coefficient (Wildman–Crippen LogP) is 3.71. The third-order valence-corrected chi connectivity index (χ3v) is 5.62. The van der Waals surface area contributed by atoms with Gasteiger partial charge in [-0.25, -0.2) is 4.98 Å². The zero-order valence-electron chi connectivity index (χ0n) is 13.8. The van der Waals surface area contributed by atoms with Crippen molar-refractivity contribution in [3.8, 4) is 0 Å². The lowest BCUT2D eigenvalue weighted by molar-refractivity contribution is 0.102. The molecular weight excluding hydrogens is 370 g/mol. The summed E-state index contributed by atoms with van der Waals surface area (Å²) < 4.78 is 5.58. The van der Waals surface area contributed by atoms with Gasteiger partial charge in [0.15, 0.2) is 5.13 Å². The summed E-state index contributed by atoms with van der Waals surface area (Å²) in [6, 6.07) is 10.0. The standard InChI is InChI=1S/C17H17N5O2S2/c23-14(20-17-22-21-15(26-17)13-7-4-8-24-13)12-10-25-16(19-12)18-9-11-5-2-1-3-6-11/h1-3,5-6,10,13H,4,7-9H2,(H,18,19)(H,20,22,23)/t13-/m0/s1. The van der Waals surface area contributed by atoms with Crippen molar-refractivity contribution in [2.45, 2.75) is 25.5 Å². The summed E-state index contributed by atoms with van der Waals surface area (Å²) >= 11 is 2.75. The highest BCUT2D eigenvalue weighted by Crippen LogP contribution is 2.32. The van der Waals surface area contributed by atoms with Crippen LogP contribution in [0.15, 0.2) is 35.7 Å². The summed E-state index contributed by atoms with van der Waals surface area (Å²) in [5.74, 6) is -0.288. The van der Waals surface area contributed by atoms with Gasteiger partial charge in [-0.1, -0.05) is 41.7 Å². The lowest BCUT2D eigenvalue weighted by Gasteiger charge is -2.02. The van der Waals surface area contributed by atoms with Gasteiger partial charge in [0, 0.05) is 18.5 Å². The van der Waals surface area contributed by atoms with Gasteiger partial charge in [-0.3, -0.25) is 10.1 Å². The van der Waals surface area contributed by atoms with Crippen LogP contribution in [0.25, 0.3) is 0 Å². The normalized spacial score (nSPS) is 16.5. The van der Waals surface area contributed by atoms with Crippen LogP contribution in [0.5, 0.6) is 0 Å². The van der Waals surface area contributed by atoms with E-state index < -0.39 is 0 Å². The lowest BCUT2D eigenvalue weighted by Crippen LogP contribution is -2.12. The Balaban J connectivity index is 1.34. The molecule has 1 atom stereocenters. The van der Waals surface area contributed by atoms with Crippen molar-refractivity contribution in [1.82, 2.24) is 15.2 Å². The fourth-order valence-corrected chi connectivity index (χ4v) is 4.09. The van der Waals surface area contributed by atoms with E-state index in [0.717, 1.165) is 30.0 Å². The molecule has 1 fully saturated rings. The Kier molecular flexibility index (Phi) is 5.19. The minimum absolute atomic E-state index is 0.00575. The number of hydrogen-bond donors (Lipinski definition) is 2. The molecule has 0 saturated carbocycles. The molecular formula is C17H17N5O2S2. The van der Waals surface area contributed by atoms with Crippen molar-refractivity contribution < 1.29 is 9.53 Å². The first kappa shape index (κ1) is 17.1. The molecule has 7 nitrogen and oxygen atoms in total. The zero-order valence-corrected chi connectivity index (χ0v) is 15.5. The third kappa shape index (κ3) is 4.06. The molecule has 1 aliphatic heterocycles. The molecule has 1 saturated heterocycles. The Bertz CT molecular complexity index is 874. The predicted molar refractivity (Wildman–Crippen MR) is 102 cm³/mol. The van der Waals surface area contributed by atoms with Gasteiger partial charge in [0.25, 0.3) is 5.91 Å². The van der Waals surface area contributed by atoms with Gasteiger partial charge in [0.1, 0.15) is 16.8 Å². The van der Waals surface area contributed by atoms with Gasteiger partial charge in [0.2, 0.25) is 5.13 Å². The van der Waals surface area contributed by atoms with Crippen molar-refractivity contribution in [3.63, 3.8) is 0 Å². The molecule has 2 aromatic heterocycles. The smallest absolute Gasteiger partial charge is 0.277 e. The Morgan fingerprint density at radius 3 is 2.92 bits per heavy atom. The van der Waals surface area contributed by atoms with Crippen molar-refractivity contribution in [2.75, 3.05) is 17.2 Å². The van der Waals surface area contributed by atoms with Crippen molar-refractivity contribution >= 4 is 38.8 Å². The molecule has 0 spiro atoms. The fraction of sp³-hybridized carbons (Fsp3) is 0.294. The number of anilines is 2. The van der Waals surface area contributed by atoms with Crippen LogP contribution in [0.1, 0.15) is 40.0 Å². The molecule has 9 heteroatoms. The number of carbonyl (C=O) groups is 1. The molecule has 1 aromatic carbocycles. The molecule has 3 heterocycles. The number of nitrogens with one attached hydrogen (secondary N) is 2. The van der Waals surface area contributed by atoms with E-state index in [2.05, 4.69) is 25.8 Å². The molecule has 0 radical (unpaired) electrons. The van der Waals surface area contributed by atoms with Crippen LogP contribution in [-0.2, 0) is 11.3 Å². The molecule has 0 aliphatic carbocycles. The highest BCUT2D eigenvalue weighted by Gasteiger charge is 2.22. The van der Waals surface area contributed by atoms with Crippen LogP contribution < -0.4 is 10.6 Å². The average molecular weight is 387 g/mol. The summed E-state index contributed by atoms with van der Waals surface area (Å²) in [6.07, 6.45) is 1.99. The van der Waals surface area contributed by atoms with Crippen molar-refractivity contribution in [2.24, 2.45) is 0 Å². The van der Waals surface area contributed by atoms with Gasteiger partial charge in [-0.05, 0) is 18.4 Å². The molecule has 3 aromatic rings. The monoisotopic (exact) mass is 387 g/mol. The number of amides is 1. The van der Waals surface area contributed by atoms with E-state index >= 15 is 0 Å². The largest absolute Gasteiger partial charge is 0.371 e. The van der Waals surface area contributed by atoms with E-state index in [0.29, 0.717) is 22.5 Å². The second-order valence-corrected chi connectivity index (χ2v) is 7.65. The summed E-state index contributed by atoms with van der Waals surface area (Å²) in [7, 11) is 0. The SMILES string of the molecule is O=C(Nc1nnc([C@@H]2CCCO2)s1)c1csc(NCc2ccccc2)n1. The zero-order chi connectivity index (χ0) is 17.8. The van der Waals surface area contributed by atoms with E-state index in [-0.39, 0.29) is 12.0 Å². The highest BCUT2D eigenvalue weighted by atomic mass is 32.1. The molecule has 1 amide bonds. The maximum absolute atomic E-state index is 12.3. The van der Waals surface area contributed by atoms with Gasteiger partial charge < -0.3 is 10.1 Å². The maximum Gasteiger partial charge on any atom is 0.277 e. The first-order chi connectivity index (χ1) is 12.8. The molecule has 26 heavy (non-hydrogen) atoms. The number of nitrogens with zero attached hydrogens (tertiary/aromatic N) is 3. The first-order valence-electron chi connectivity index (χ1n) is 8.27. The number of benzene rings is 1. The van der Waals surface area contributed by atoms with Crippen LogP contribution >= 0.6 is 22.7 Å². The van der Waals surface area contributed by atoms with Gasteiger partial charge in [0.05, 0.1) is 0 Å². The Hall–Kier alpha value is -2.36. The minimum atomic E-state index is -0.288. The molecule has 4 rings (SSSR count). The summed E-state index contributed by atoms with van der Waals surface area (Å²) in [6.45, 7) is 1.42. The van der Waals surface area contributed by atoms with Crippen molar-refractivity contribution in [3.05, 3.63) is 52.0 Å². The lowest BCUT2D eigenvalue weighted by atomic mass is 10.2. The highest BCUT2D eigenvalue weighted by molar-refractivity contribution is 7.15. The summed E-state index contributed by atoms with van der Waals surface area (Å²) in [5, 5.41) is 17.8. The molecule has 0 unspecified atom stereocenters. The molecule has 0 bridgehead atoms. The first-order valence-corrected chi connectivity index (χ1v) is 9.97. The Morgan fingerprint density at radius 1 is 1.23 bits per heavy atom. The average Bonchev–Trinajstić information content (AvgIpc) is 3.41. The van der Waals surface area contributed by atoms with E-state index in [9.17, 15) is 4.79 Å². The molecule has 134 valence electrons. The van der Waals surface area contributed by atoms with E-state index in [4.69, 9.17) is 4.74 Å². The van der Waals surface area contributed by atoms with E-state index in [1.54, 1.807) is 5.38 Å². The van der Waals surface area contributed by atoms with Crippen molar-refractivity contribution in [1.29, 1.82) is 0 Å². The van der Waals surface area contributed by atoms with Crippen LogP contribution in [0, 0.1) is 0 Å². The number of carbonyl (C=O) groups excluding carboxylic acids is 1. The Labute approximate surface area is 158 Å². The van der Waals surface area contributed by atoms with Gasteiger partial charge in [-0.2, -0.15) is 0 Å². The summed E-state index contributed by atoms with van der Waals surface area (Å²) in [5.41, 5.74) is 1.52. The maximum atomic E-state index is 12.3. The quantitative estimate of drug-likeness (QED) is 0.670. The number of aromatic nitrogens is 3. The number of rotatable bonds is 6. The van der Waals surface area contributed by atoms with E-state index in [1.165, 1.54) is 22.7 Å². The molecule has 2 N–H and O–H groups in total. The van der Waals surface area contributed by atoms with Crippen LogP contribution in [0.4, 0.5) is 10.3 Å². The van der Waals surface area contributed by atoms with E-state index in [1.807, 2.05) is 30.3 Å². The fourth-order valence-electron chi connectivity index (χ4n) is 2.58. The number of hydrogen-bond acceptors (Lipinski definition) is 8. The van der Waals surface area contributed by atoms with Crippen LogP contribution in [-0.4, -0.2) is 27.7 Å². The Morgan fingerprint density at radius 2 is 2.12 bits per heavy atom. The second kappa shape index (κ2) is 7.90. The summed E-state index contributed by atoms with van der Waals surface area (Å²) in [4.78, 5) is 16.7. The van der Waals surface area contributed by atoms with Crippen LogP contribution in [0.3, 0.4) is 0 Å². The number of thiazole rings is 1. The molecule has 1 aliphatic rings. The van der Waals surface area contributed by atoms with Gasteiger partial charge in [-0.15, -0.1) is 21.5 Å². The van der Waals surface area contributed by atoms with Crippen LogP contribution in [0.2, 0.25) is 0 Å². The third-order valence-electron chi connectivity index (χ3n) is 3.89. The topological polar surface area (TPSA) is 89.0 Å².